The second-order valence-corrected chi connectivity index (χ2v) is 11.0. The molecule has 246 valence electrons. The summed E-state index contributed by atoms with van der Waals surface area (Å²) in [6.45, 7) is 2.69. The summed E-state index contributed by atoms with van der Waals surface area (Å²) in [6.07, 6.45) is 6.88. The monoisotopic (exact) mass is 641 g/mol. The van der Waals surface area contributed by atoms with E-state index in [4.69, 9.17) is 18.9 Å². The Morgan fingerprint density at radius 2 is 1.57 bits per heavy atom. The maximum atomic E-state index is 13.8. The molecule has 47 heavy (non-hydrogen) atoms. The molecule has 0 saturated heterocycles. The number of benzene rings is 2. The van der Waals surface area contributed by atoms with Crippen LogP contribution in [0.3, 0.4) is 0 Å². The van der Waals surface area contributed by atoms with Crippen LogP contribution in [0.2, 0.25) is 0 Å². The van der Waals surface area contributed by atoms with Gasteiger partial charge in [-0.05, 0) is 55.7 Å². The van der Waals surface area contributed by atoms with Crippen molar-refractivity contribution in [2.24, 2.45) is 0 Å². The van der Waals surface area contributed by atoms with Gasteiger partial charge in [0.2, 0.25) is 0 Å². The van der Waals surface area contributed by atoms with Gasteiger partial charge in [0.25, 0.3) is 11.8 Å². The van der Waals surface area contributed by atoms with Gasteiger partial charge in [0.1, 0.15) is 28.8 Å². The summed E-state index contributed by atoms with van der Waals surface area (Å²) in [6, 6.07) is 16.0. The zero-order valence-electron chi connectivity index (χ0n) is 26.9. The molecule has 0 spiro atoms. The van der Waals surface area contributed by atoms with Gasteiger partial charge in [-0.3, -0.25) is 14.6 Å². The van der Waals surface area contributed by atoms with E-state index >= 15 is 0 Å². The molecule has 1 aliphatic heterocycles. The summed E-state index contributed by atoms with van der Waals surface area (Å²) in [5.74, 6) is 1.56. The van der Waals surface area contributed by atoms with Crippen molar-refractivity contribution in [2.75, 3.05) is 54.1 Å². The molecule has 0 unspecified atom stereocenters. The number of ether oxygens (including phenoxy) is 4. The van der Waals surface area contributed by atoms with E-state index in [0.29, 0.717) is 81.4 Å². The molecular weight excluding hydrogens is 602 g/mol. The molecule has 0 N–H and O–H groups in total. The lowest BCUT2D eigenvalue weighted by Crippen LogP contribution is -2.37. The summed E-state index contributed by atoms with van der Waals surface area (Å²) >= 11 is 0. The van der Waals surface area contributed by atoms with Crippen LogP contribution in [0, 0.1) is 0 Å². The Labute approximate surface area is 273 Å². The number of fused-ring (bicyclic) bond motifs is 4. The van der Waals surface area contributed by atoms with Gasteiger partial charge in [0.05, 0.1) is 39.1 Å². The lowest BCUT2D eigenvalue weighted by molar-refractivity contribution is 0.0598. The van der Waals surface area contributed by atoms with E-state index in [-0.39, 0.29) is 23.1 Å². The number of nitrogens with zero attached hydrogens (tertiary/aromatic N) is 5. The van der Waals surface area contributed by atoms with Gasteiger partial charge in [0, 0.05) is 62.9 Å². The van der Waals surface area contributed by atoms with Crippen LogP contribution in [0.25, 0.3) is 11.4 Å². The number of methoxy groups -OCH3 is 3. The van der Waals surface area contributed by atoms with Crippen LogP contribution in [0.15, 0.2) is 73.2 Å². The van der Waals surface area contributed by atoms with Gasteiger partial charge in [-0.25, -0.2) is 9.78 Å². The SMILES string of the molecule is COC(=O)c1ccc(C(=O)N2CCCCN(C(=O)c3ccc(OC)cc3OC)CCCOc3cccc(c3)-c3nccn3CC2)nc1. The van der Waals surface area contributed by atoms with Crippen molar-refractivity contribution in [1.29, 1.82) is 0 Å². The molecule has 1 aliphatic rings. The molecular formula is C35H39N5O7. The third-order valence-corrected chi connectivity index (χ3v) is 7.98. The van der Waals surface area contributed by atoms with Crippen molar-refractivity contribution in [1.82, 2.24) is 24.3 Å². The molecule has 4 aromatic rings. The second-order valence-electron chi connectivity index (χ2n) is 11.0. The maximum Gasteiger partial charge on any atom is 0.339 e. The predicted molar refractivity (Wildman–Crippen MR) is 174 cm³/mol. The smallest absolute Gasteiger partial charge is 0.339 e. The highest BCUT2D eigenvalue weighted by molar-refractivity contribution is 5.97. The number of imidazole rings is 1. The Morgan fingerprint density at radius 3 is 2.30 bits per heavy atom. The summed E-state index contributed by atoms with van der Waals surface area (Å²) < 4.78 is 23.7. The minimum absolute atomic E-state index is 0.155. The largest absolute Gasteiger partial charge is 0.497 e. The first-order valence-corrected chi connectivity index (χ1v) is 15.5. The Hall–Kier alpha value is -5.39. The van der Waals surface area contributed by atoms with E-state index in [1.54, 1.807) is 41.3 Å². The Balaban J connectivity index is 1.40. The lowest BCUT2D eigenvalue weighted by Gasteiger charge is -2.26. The molecule has 12 nitrogen and oxygen atoms in total. The van der Waals surface area contributed by atoms with Gasteiger partial charge in [-0.2, -0.15) is 0 Å². The van der Waals surface area contributed by atoms with Gasteiger partial charge < -0.3 is 33.3 Å². The average molecular weight is 642 g/mol. The Bertz CT molecular complexity index is 1690. The molecule has 5 rings (SSSR count). The molecule has 0 fully saturated rings. The van der Waals surface area contributed by atoms with Gasteiger partial charge in [-0.1, -0.05) is 12.1 Å². The van der Waals surface area contributed by atoms with Crippen LogP contribution < -0.4 is 14.2 Å². The number of carbonyl (C=O) groups is 3. The van der Waals surface area contributed by atoms with Crippen molar-refractivity contribution >= 4 is 17.8 Å². The van der Waals surface area contributed by atoms with Crippen LogP contribution in [-0.4, -0.2) is 96.2 Å². The van der Waals surface area contributed by atoms with E-state index in [1.165, 1.54) is 32.5 Å². The normalized spacial score (nSPS) is 14.3. The zero-order chi connectivity index (χ0) is 33.2. The van der Waals surface area contributed by atoms with Crippen molar-refractivity contribution in [3.8, 4) is 28.6 Å². The van der Waals surface area contributed by atoms with Crippen LogP contribution in [0.4, 0.5) is 0 Å². The van der Waals surface area contributed by atoms with Gasteiger partial charge >= 0.3 is 5.97 Å². The summed E-state index contributed by atoms with van der Waals surface area (Å²) in [7, 11) is 4.39. The fourth-order valence-electron chi connectivity index (χ4n) is 5.45. The van der Waals surface area contributed by atoms with Crippen molar-refractivity contribution in [3.63, 3.8) is 0 Å². The van der Waals surface area contributed by atoms with Crippen LogP contribution in [0.5, 0.6) is 17.2 Å². The summed E-state index contributed by atoms with van der Waals surface area (Å²) in [5.41, 5.74) is 1.82. The molecule has 0 radical (unpaired) electrons. The van der Waals surface area contributed by atoms with Crippen LogP contribution in [-0.2, 0) is 11.3 Å². The molecule has 2 aromatic carbocycles. The van der Waals surface area contributed by atoms with Crippen LogP contribution >= 0.6 is 0 Å². The van der Waals surface area contributed by atoms with Gasteiger partial charge in [0.15, 0.2) is 0 Å². The number of carbonyl (C=O) groups excluding carboxylic acids is 3. The third-order valence-electron chi connectivity index (χ3n) is 7.98. The minimum Gasteiger partial charge on any atom is -0.497 e. The Morgan fingerprint density at radius 1 is 0.787 bits per heavy atom. The minimum atomic E-state index is -0.522. The van der Waals surface area contributed by atoms with E-state index in [1.807, 2.05) is 35.0 Å². The number of hydrogen-bond donors (Lipinski definition) is 0. The highest BCUT2D eigenvalue weighted by atomic mass is 16.5. The topological polar surface area (TPSA) is 125 Å². The highest BCUT2D eigenvalue weighted by Crippen LogP contribution is 2.27. The number of amides is 2. The zero-order valence-corrected chi connectivity index (χ0v) is 26.9. The predicted octanol–water partition coefficient (Wildman–Crippen LogP) is 4.60. The average Bonchev–Trinajstić information content (AvgIpc) is 3.59. The quantitative estimate of drug-likeness (QED) is 0.288. The molecule has 2 aromatic heterocycles. The number of pyridine rings is 1. The molecule has 0 atom stereocenters. The number of aromatic nitrogens is 3. The molecule has 12 heteroatoms. The number of esters is 1. The standard InChI is InChI=1S/C35H39N5O7/c1-44-27-11-12-29(31(23-27)45-2)33(41)39-15-4-5-16-40(34(42)30-13-10-26(24-37-30)35(43)46-3)20-19-38-18-14-36-32(38)25-8-6-9-28(22-25)47-21-7-17-39/h6,8-14,18,22-24H,4-5,7,15-17,19-21H2,1-3H3. The summed E-state index contributed by atoms with van der Waals surface area (Å²) in [5, 5.41) is 0. The molecule has 2 amide bonds. The first kappa shape index (κ1) is 33.0. The van der Waals surface area contributed by atoms with E-state index in [2.05, 4.69) is 9.97 Å². The Kier molecular flexibility index (Phi) is 11.1. The molecule has 2 bridgehead atoms. The van der Waals surface area contributed by atoms with E-state index in [0.717, 1.165) is 11.4 Å². The lowest BCUT2D eigenvalue weighted by atomic mass is 10.1. The number of hydrogen-bond acceptors (Lipinski definition) is 9. The molecule has 3 heterocycles. The van der Waals surface area contributed by atoms with Crippen molar-refractivity contribution in [3.05, 3.63) is 90.0 Å². The van der Waals surface area contributed by atoms with Gasteiger partial charge in [-0.15, -0.1) is 0 Å². The fraction of sp³-hybridized carbons (Fsp3) is 0.343. The van der Waals surface area contributed by atoms with Crippen molar-refractivity contribution < 1.29 is 33.3 Å². The highest BCUT2D eigenvalue weighted by Gasteiger charge is 2.22. The van der Waals surface area contributed by atoms with Crippen molar-refractivity contribution in [2.45, 2.75) is 25.8 Å². The molecule has 0 saturated carbocycles. The number of rotatable bonds is 5. The van der Waals surface area contributed by atoms with Crippen LogP contribution in [0.1, 0.15) is 50.5 Å². The first-order valence-electron chi connectivity index (χ1n) is 15.5. The second kappa shape index (κ2) is 15.7. The first-order chi connectivity index (χ1) is 22.9. The third kappa shape index (κ3) is 8.07. The maximum absolute atomic E-state index is 13.8. The summed E-state index contributed by atoms with van der Waals surface area (Å²) in [4.78, 5) is 51.8. The fourth-order valence-corrected chi connectivity index (χ4v) is 5.45. The van der Waals surface area contributed by atoms with E-state index in [9.17, 15) is 14.4 Å². The van der Waals surface area contributed by atoms with E-state index < -0.39 is 5.97 Å². The molecule has 0 aliphatic carbocycles.